The second-order valence-corrected chi connectivity index (χ2v) is 8.56. The van der Waals surface area contributed by atoms with Crippen molar-refractivity contribution in [1.82, 2.24) is 29.5 Å². The van der Waals surface area contributed by atoms with E-state index in [-0.39, 0.29) is 23.8 Å². The lowest BCUT2D eigenvalue weighted by molar-refractivity contribution is -0.115. The van der Waals surface area contributed by atoms with Crippen LogP contribution in [0.5, 0.6) is 5.75 Å². The molecule has 0 atom stereocenters. The predicted octanol–water partition coefficient (Wildman–Crippen LogP) is 3.41. The van der Waals surface area contributed by atoms with Gasteiger partial charge in [-0.1, -0.05) is 24.3 Å². The van der Waals surface area contributed by atoms with Crippen molar-refractivity contribution in [3.8, 4) is 17.4 Å². The van der Waals surface area contributed by atoms with Gasteiger partial charge in [0, 0.05) is 6.07 Å². The molecule has 0 fully saturated rings. The van der Waals surface area contributed by atoms with Crippen LogP contribution in [0.4, 0.5) is 5.82 Å². The number of benzene rings is 2. The SMILES string of the molecule is COc1ccc(CC(=O)Nc2cc(C)nn2-c2nc3c(cnn3-c3cccc(C)c3C)c(=O)[nH]2)cc1. The Kier molecular flexibility index (Phi) is 5.85. The van der Waals surface area contributed by atoms with Crippen molar-refractivity contribution >= 4 is 22.8 Å². The Morgan fingerprint density at radius 3 is 2.61 bits per heavy atom. The van der Waals surface area contributed by atoms with Crippen molar-refractivity contribution in [1.29, 1.82) is 0 Å². The minimum absolute atomic E-state index is 0.163. The monoisotopic (exact) mass is 483 g/mol. The number of hydrogen-bond acceptors (Lipinski definition) is 6. The molecule has 5 rings (SSSR count). The molecule has 10 nitrogen and oxygen atoms in total. The smallest absolute Gasteiger partial charge is 0.263 e. The van der Waals surface area contributed by atoms with Gasteiger partial charge < -0.3 is 10.1 Å². The quantitative estimate of drug-likeness (QED) is 0.382. The zero-order valence-electron chi connectivity index (χ0n) is 20.4. The first kappa shape index (κ1) is 23.0. The molecular formula is C26H25N7O3. The highest BCUT2D eigenvalue weighted by molar-refractivity contribution is 5.91. The first-order valence-electron chi connectivity index (χ1n) is 11.4. The van der Waals surface area contributed by atoms with Crippen molar-refractivity contribution in [2.24, 2.45) is 0 Å². The Hall–Kier alpha value is -4.73. The molecule has 2 aromatic carbocycles. The topological polar surface area (TPSA) is 120 Å². The van der Waals surface area contributed by atoms with E-state index in [1.165, 1.54) is 10.9 Å². The highest BCUT2D eigenvalue weighted by atomic mass is 16.5. The molecule has 2 N–H and O–H groups in total. The number of carbonyl (C=O) groups excluding carboxylic acids is 1. The molecule has 0 aliphatic rings. The highest BCUT2D eigenvalue weighted by Gasteiger charge is 2.18. The number of aromatic amines is 1. The van der Waals surface area contributed by atoms with E-state index in [2.05, 4.69) is 25.5 Å². The van der Waals surface area contributed by atoms with Gasteiger partial charge in [0.1, 0.15) is 17.0 Å². The summed E-state index contributed by atoms with van der Waals surface area (Å²) >= 11 is 0. The summed E-state index contributed by atoms with van der Waals surface area (Å²) in [6, 6.07) is 14.9. The first-order chi connectivity index (χ1) is 17.3. The number of nitrogens with one attached hydrogen (secondary N) is 2. The van der Waals surface area contributed by atoms with Crippen molar-refractivity contribution < 1.29 is 9.53 Å². The number of rotatable bonds is 6. The van der Waals surface area contributed by atoms with Crippen LogP contribution in [-0.4, -0.2) is 42.5 Å². The van der Waals surface area contributed by atoms with Crippen LogP contribution in [-0.2, 0) is 11.2 Å². The van der Waals surface area contributed by atoms with Crippen molar-refractivity contribution in [2.45, 2.75) is 27.2 Å². The average molecular weight is 484 g/mol. The molecule has 1 amide bonds. The Labute approximate surface area is 206 Å². The van der Waals surface area contributed by atoms with Crippen LogP contribution in [0.1, 0.15) is 22.4 Å². The van der Waals surface area contributed by atoms with E-state index in [1.807, 2.05) is 44.2 Å². The molecule has 0 aliphatic carbocycles. The molecule has 0 radical (unpaired) electrons. The number of aromatic nitrogens is 6. The second-order valence-electron chi connectivity index (χ2n) is 8.56. The van der Waals surface area contributed by atoms with Gasteiger partial charge in [0.05, 0.1) is 31.1 Å². The van der Waals surface area contributed by atoms with E-state index in [4.69, 9.17) is 4.74 Å². The van der Waals surface area contributed by atoms with E-state index in [0.717, 1.165) is 28.1 Å². The number of amides is 1. The Bertz CT molecular complexity index is 1640. The van der Waals surface area contributed by atoms with Gasteiger partial charge in [-0.05, 0) is 55.7 Å². The van der Waals surface area contributed by atoms with Crippen molar-refractivity contribution in [3.63, 3.8) is 0 Å². The summed E-state index contributed by atoms with van der Waals surface area (Å²) in [6.45, 7) is 5.82. The molecule has 182 valence electrons. The third kappa shape index (κ3) is 4.24. The number of ether oxygens (including phenoxy) is 1. The number of anilines is 1. The lowest BCUT2D eigenvalue weighted by Crippen LogP contribution is -2.20. The van der Waals surface area contributed by atoms with Crippen LogP contribution >= 0.6 is 0 Å². The number of hydrogen-bond donors (Lipinski definition) is 2. The number of carbonyl (C=O) groups is 1. The van der Waals surface area contributed by atoms with Gasteiger partial charge in [0.15, 0.2) is 5.65 Å². The Morgan fingerprint density at radius 2 is 1.86 bits per heavy atom. The van der Waals surface area contributed by atoms with Crippen LogP contribution in [0, 0.1) is 20.8 Å². The summed E-state index contributed by atoms with van der Waals surface area (Å²) in [5, 5.41) is 12.1. The molecule has 10 heteroatoms. The van der Waals surface area contributed by atoms with Crippen molar-refractivity contribution in [3.05, 3.63) is 87.5 Å². The van der Waals surface area contributed by atoms with E-state index in [0.29, 0.717) is 22.5 Å². The molecule has 3 aromatic heterocycles. The summed E-state index contributed by atoms with van der Waals surface area (Å²) in [6.07, 6.45) is 1.66. The lowest BCUT2D eigenvalue weighted by atomic mass is 10.1. The highest BCUT2D eigenvalue weighted by Crippen LogP contribution is 2.22. The fourth-order valence-corrected chi connectivity index (χ4v) is 4.01. The summed E-state index contributed by atoms with van der Waals surface area (Å²) in [5.41, 5.74) is 4.50. The molecule has 0 spiro atoms. The van der Waals surface area contributed by atoms with Crippen molar-refractivity contribution in [2.75, 3.05) is 12.4 Å². The van der Waals surface area contributed by atoms with Crippen LogP contribution in [0.2, 0.25) is 0 Å². The summed E-state index contributed by atoms with van der Waals surface area (Å²) in [5.74, 6) is 1.06. The van der Waals surface area contributed by atoms with Gasteiger partial charge in [-0.3, -0.25) is 14.6 Å². The van der Waals surface area contributed by atoms with Crippen LogP contribution in [0.25, 0.3) is 22.7 Å². The molecule has 36 heavy (non-hydrogen) atoms. The van der Waals surface area contributed by atoms with Crippen LogP contribution in [0.15, 0.2) is 59.5 Å². The molecule has 0 saturated carbocycles. The minimum Gasteiger partial charge on any atom is -0.497 e. The first-order valence-corrected chi connectivity index (χ1v) is 11.4. The Balaban J connectivity index is 1.51. The number of methoxy groups -OCH3 is 1. The molecule has 0 unspecified atom stereocenters. The van der Waals surface area contributed by atoms with Gasteiger partial charge >= 0.3 is 0 Å². The number of H-pyrrole nitrogens is 1. The normalized spacial score (nSPS) is 11.1. The lowest BCUT2D eigenvalue weighted by Gasteiger charge is -2.11. The largest absolute Gasteiger partial charge is 0.497 e. The van der Waals surface area contributed by atoms with E-state index in [9.17, 15) is 9.59 Å². The summed E-state index contributed by atoms with van der Waals surface area (Å²) < 4.78 is 8.23. The van der Waals surface area contributed by atoms with E-state index in [1.54, 1.807) is 36.9 Å². The number of fused-ring (bicyclic) bond motifs is 1. The third-order valence-electron chi connectivity index (χ3n) is 6.05. The molecule has 0 bridgehead atoms. The second kappa shape index (κ2) is 9.14. The maximum atomic E-state index is 12.9. The van der Waals surface area contributed by atoms with Crippen LogP contribution < -0.4 is 15.6 Å². The summed E-state index contributed by atoms with van der Waals surface area (Å²) in [7, 11) is 1.59. The zero-order valence-corrected chi connectivity index (χ0v) is 20.4. The van der Waals surface area contributed by atoms with Gasteiger partial charge in [0.2, 0.25) is 11.9 Å². The van der Waals surface area contributed by atoms with E-state index >= 15 is 0 Å². The van der Waals surface area contributed by atoms with E-state index < -0.39 is 0 Å². The molecular weight excluding hydrogens is 458 g/mol. The Morgan fingerprint density at radius 1 is 1.08 bits per heavy atom. The zero-order chi connectivity index (χ0) is 25.4. The summed E-state index contributed by atoms with van der Waals surface area (Å²) in [4.78, 5) is 33.1. The van der Waals surface area contributed by atoms with Gasteiger partial charge in [-0.25, -0.2) is 4.68 Å². The van der Waals surface area contributed by atoms with Gasteiger partial charge in [-0.2, -0.15) is 19.9 Å². The van der Waals surface area contributed by atoms with Crippen LogP contribution in [0.3, 0.4) is 0 Å². The van der Waals surface area contributed by atoms with Gasteiger partial charge in [-0.15, -0.1) is 0 Å². The molecule has 5 aromatic rings. The van der Waals surface area contributed by atoms with Gasteiger partial charge in [0.25, 0.3) is 5.56 Å². The maximum absolute atomic E-state index is 12.9. The fourth-order valence-electron chi connectivity index (χ4n) is 4.01. The maximum Gasteiger partial charge on any atom is 0.263 e. The fraction of sp³-hybridized carbons (Fsp3) is 0.192. The molecule has 3 heterocycles. The number of nitrogens with zero attached hydrogens (tertiary/aromatic N) is 5. The molecule has 0 aliphatic heterocycles. The minimum atomic E-state index is -0.352. The standard InChI is InChI=1S/C26H25N7O3/c1-15-6-5-7-21(17(15)3)32-24-20(14-27-32)25(35)30-26(29-24)33-22(12-16(2)31-33)28-23(34)13-18-8-10-19(36-4)11-9-18/h5-12,14H,13H2,1-4H3,(H,28,34)(H,29,30,35). The number of aryl methyl sites for hydroxylation is 2. The average Bonchev–Trinajstić information content (AvgIpc) is 3.44. The third-order valence-corrected chi connectivity index (χ3v) is 6.05. The predicted molar refractivity (Wildman–Crippen MR) is 136 cm³/mol. The molecule has 0 saturated heterocycles.